The summed E-state index contributed by atoms with van der Waals surface area (Å²) in [5, 5.41) is 2.92. The lowest BCUT2D eigenvalue weighted by atomic mass is 10.1. The highest BCUT2D eigenvalue weighted by molar-refractivity contribution is 5.99. The van der Waals surface area contributed by atoms with E-state index in [1.165, 1.54) is 18.9 Å². The molecule has 1 aromatic carbocycles. The molecule has 0 aliphatic heterocycles. The third-order valence-corrected chi connectivity index (χ3v) is 3.57. The number of para-hydroxylation sites is 1. The average Bonchev–Trinajstić information content (AvgIpc) is 3.29. The van der Waals surface area contributed by atoms with E-state index >= 15 is 0 Å². The summed E-state index contributed by atoms with van der Waals surface area (Å²) >= 11 is 0. The number of anilines is 1. The molecule has 0 unspecified atom stereocenters. The van der Waals surface area contributed by atoms with Crippen LogP contribution >= 0.6 is 0 Å². The van der Waals surface area contributed by atoms with E-state index in [-0.39, 0.29) is 11.6 Å². The predicted octanol–water partition coefficient (Wildman–Crippen LogP) is 2.76. The van der Waals surface area contributed by atoms with E-state index in [0.717, 1.165) is 12.5 Å². The van der Waals surface area contributed by atoms with E-state index in [0.29, 0.717) is 25.3 Å². The fraction of sp³-hybridized carbons (Fsp3) is 0.562. The second-order valence-electron chi connectivity index (χ2n) is 5.44. The van der Waals surface area contributed by atoms with E-state index in [1.807, 2.05) is 6.92 Å². The summed E-state index contributed by atoms with van der Waals surface area (Å²) in [5.41, 5.74) is 0.636. The fourth-order valence-electron chi connectivity index (χ4n) is 2.10. The van der Waals surface area contributed by atoms with Gasteiger partial charge in [-0.2, -0.15) is 0 Å². The van der Waals surface area contributed by atoms with Gasteiger partial charge in [-0.1, -0.05) is 6.07 Å². The van der Waals surface area contributed by atoms with Gasteiger partial charge in [0.15, 0.2) is 0 Å². The Bertz CT molecular complexity index is 489. The molecular weight excluding hydrogens is 271 g/mol. The van der Waals surface area contributed by atoms with Crippen molar-refractivity contribution in [1.29, 1.82) is 0 Å². The Labute approximate surface area is 125 Å². The zero-order valence-corrected chi connectivity index (χ0v) is 12.7. The lowest BCUT2D eigenvalue weighted by molar-refractivity contribution is 0.0681. The third-order valence-electron chi connectivity index (χ3n) is 3.57. The molecule has 1 saturated carbocycles. The molecule has 0 aromatic heterocycles. The number of likely N-dealkylation sites (N-methyl/N-ethyl adjacent to an activating group) is 1. The number of amides is 1. The molecule has 0 heterocycles. The number of carbonyl (C=O) groups excluding carboxylic acids is 1. The predicted molar refractivity (Wildman–Crippen MR) is 81.1 cm³/mol. The molecule has 1 N–H and O–H groups in total. The van der Waals surface area contributed by atoms with Crippen molar-refractivity contribution in [3.05, 3.63) is 29.6 Å². The maximum atomic E-state index is 13.8. The summed E-state index contributed by atoms with van der Waals surface area (Å²) in [6.07, 6.45) is 2.51. The average molecular weight is 294 g/mol. The van der Waals surface area contributed by atoms with Gasteiger partial charge in [-0.15, -0.1) is 0 Å². The summed E-state index contributed by atoms with van der Waals surface area (Å²) in [6, 6.07) is 4.55. The van der Waals surface area contributed by atoms with Crippen LogP contribution in [0.2, 0.25) is 0 Å². The van der Waals surface area contributed by atoms with Gasteiger partial charge in [0.2, 0.25) is 0 Å². The number of nitrogens with one attached hydrogen (secondary N) is 1. The number of hydrogen-bond acceptors (Lipinski definition) is 3. The van der Waals surface area contributed by atoms with E-state index in [1.54, 1.807) is 24.1 Å². The summed E-state index contributed by atoms with van der Waals surface area (Å²) in [6.45, 7) is 4.24. The van der Waals surface area contributed by atoms with Crippen LogP contribution in [0.5, 0.6) is 0 Å². The van der Waals surface area contributed by atoms with Crippen LogP contribution in [-0.2, 0) is 4.74 Å². The molecule has 4 nitrogen and oxygen atoms in total. The zero-order valence-electron chi connectivity index (χ0n) is 12.7. The first-order chi connectivity index (χ1) is 10.1. The van der Waals surface area contributed by atoms with Crippen LogP contribution in [0.4, 0.5) is 10.1 Å². The second-order valence-corrected chi connectivity index (χ2v) is 5.44. The van der Waals surface area contributed by atoms with Crippen molar-refractivity contribution in [2.24, 2.45) is 5.92 Å². The smallest absolute Gasteiger partial charge is 0.255 e. The van der Waals surface area contributed by atoms with Crippen molar-refractivity contribution in [3.63, 3.8) is 0 Å². The number of halogens is 1. The first kappa shape index (κ1) is 15.8. The number of nitrogens with zero attached hydrogens (tertiary/aromatic N) is 1. The van der Waals surface area contributed by atoms with Gasteiger partial charge >= 0.3 is 0 Å². The van der Waals surface area contributed by atoms with Crippen molar-refractivity contribution in [2.45, 2.75) is 19.8 Å². The van der Waals surface area contributed by atoms with Gasteiger partial charge in [-0.25, -0.2) is 4.39 Å². The van der Waals surface area contributed by atoms with Crippen LogP contribution in [0.1, 0.15) is 30.1 Å². The maximum absolute atomic E-state index is 13.8. The first-order valence-electron chi connectivity index (χ1n) is 7.49. The molecule has 1 amide bonds. The summed E-state index contributed by atoms with van der Waals surface area (Å²) < 4.78 is 19.3. The molecule has 1 aliphatic rings. The van der Waals surface area contributed by atoms with Crippen molar-refractivity contribution >= 4 is 11.6 Å². The summed E-state index contributed by atoms with van der Waals surface area (Å²) in [7, 11) is 1.71. The normalized spacial score (nSPS) is 14.0. The Morgan fingerprint density at radius 3 is 2.90 bits per heavy atom. The van der Waals surface area contributed by atoms with Gasteiger partial charge in [0.05, 0.1) is 17.9 Å². The van der Waals surface area contributed by atoms with Crippen LogP contribution in [0.15, 0.2) is 18.2 Å². The highest BCUT2D eigenvalue weighted by atomic mass is 19.1. The molecule has 1 aromatic rings. The maximum Gasteiger partial charge on any atom is 0.255 e. The van der Waals surface area contributed by atoms with Crippen molar-refractivity contribution in [3.8, 4) is 0 Å². The van der Waals surface area contributed by atoms with E-state index in [9.17, 15) is 9.18 Å². The largest absolute Gasteiger partial charge is 0.382 e. The number of benzene rings is 1. The lowest BCUT2D eigenvalue weighted by Gasteiger charge is -2.19. The molecule has 116 valence electrons. The molecule has 0 bridgehead atoms. The Balaban J connectivity index is 1.92. The van der Waals surface area contributed by atoms with Gasteiger partial charge in [-0.05, 0) is 37.8 Å². The van der Waals surface area contributed by atoms with Crippen molar-refractivity contribution < 1.29 is 13.9 Å². The van der Waals surface area contributed by atoms with Crippen molar-refractivity contribution in [1.82, 2.24) is 4.90 Å². The minimum absolute atomic E-state index is 0.194. The summed E-state index contributed by atoms with van der Waals surface area (Å²) in [5.74, 6) is 0.121. The van der Waals surface area contributed by atoms with Crippen molar-refractivity contribution in [2.75, 3.05) is 38.7 Å². The van der Waals surface area contributed by atoms with Crippen LogP contribution in [0.3, 0.4) is 0 Å². The molecular formula is C16H23FN2O2. The molecule has 1 fully saturated rings. The molecule has 1 aliphatic carbocycles. The molecule has 0 atom stereocenters. The van der Waals surface area contributed by atoms with E-state index in [4.69, 9.17) is 4.74 Å². The second kappa shape index (κ2) is 7.41. The first-order valence-corrected chi connectivity index (χ1v) is 7.49. The van der Waals surface area contributed by atoms with Crippen LogP contribution in [0, 0.1) is 11.7 Å². The Kier molecular flexibility index (Phi) is 5.56. The Morgan fingerprint density at radius 1 is 1.48 bits per heavy atom. The number of ether oxygens (including phenoxy) is 1. The molecule has 0 saturated heterocycles. The van der Waals surface area contributed by atoms with Gasteiger partial charge in [0, 0.05) is 26.7 Å². The Hall–Kier alpha value is -1.62. The standard InChI is InChI=1S/C16H23FN2O2/c1-3-18-15-13(5-4-6-14(15)17)16(20)19(2)9-10-21-11-12-7-8-12/h4-6,12,18H,3,7-11H2,1-2H3. The number of carbonyl (C=O) groups is 1. The van der Waals surface area contributed by atoms with Crippen LogP contribution < -0.4 is 5.32 Å². The van der Waals surface area contributed by atoms with Gasteiger partial charge in [-0.3, -0.25) is 4.79 Å². The zero-order chi connectivity index (χ0) is 15.2. The fourth-order valence-corrected chi connectivity index (χ4v) is 2.10. The molecule has 21 heavy (non-hydrogen) atoms. The monoisotopic (exact) mass is 294 g/mol. The minimum Gasteiger partial charge on any atom is -0.382 e. The van der Waals surface area contributed by atoms with Gasteiger partial charge in [0.25, 0.3) is 5.91 Å². The van der Waals surface area contributed by atoms with Crippen LogP contribution in [0.25, 0.3) is 0 Å². The molecule has 0 radical (unpaired) electrons. The van der Waals surface area contributed by atoms with E-state index < -0.39 is 5.82 Å². The molecule has 5 heteroatoms. The highest BCUT2D eigenvalue weighted by Gasteiger charge is 2.21. The minimum atomic E-state index is -0.402. The van der Waals surface area contributed by atoms with E-state index in [2.05, 4.69) is 5.32 Å². The molecule has 2 rings (SSSR count). The van der Waals surface area contributed by atoms with Crippen LogP contribution in [-0.4, -0.2) is 44.2 Å². The Morgan fingerprint density at radius 2 is 2.24 bits per heavy atom. The van der Waals surface area contributed by atoms with Gasteiger partial charge < -0.3 is 15.0 Å². The molecule has 0 spiro atoms. The number of rotatable bonds is 8. The number of hydrogen-bond donors (Lipinski definition) is 1. The highest BCUT2D eigenvalue weighted by Crippen LogP contribution is 2.28. The SMILES string of the molecule is CCNc1c(F)cccc1C(=O)N(C)CCOCC1CC1. The topological polar surface area (TPSA) is 41.6 Å². The summed E-state index contributed by atoms with van der Waals surface area (Å²) in [4.78, 5) is 14.0. The van der Waals surface area contributed by atoms with Gasteiger partial charge in [0.1, 0.15) is 5.82 Å². The lowest BCUT2D eigenvalue weighted by Crippen LogP contribution is -2.31. The quantitative estimate of drug-likeness (QED) is 0.750. The third kappa shape index (κ3) is 4.43.